The van der Waals surface area contributed by atoms with Crippen molar-refractivity contribution in [3.05, 3.63) is 56.3 Å². The van der Waals surface area contributed by atoms with Crippen molar-refractivity contribution in [2.45, 2.75) is 51.2 Å². The number of hydrogen-bond acceptors (Lipinski definition) is 4. The first-order valence-corrected chi connectivity index (χ1v) is 9.02. The fourth-order valence-corrected chi connectivity index (χ4v) is 3.49. The second-order valence-corrected chi connectivity index (χ2v) is 7.63. The van der Waals surface area contributed by atoms with Crippen LogP contribution < -0.4 is 11.2 Å². The van der Waals surface area contributed by atoms with Crippen LogP contribution in [-0.2, 0) is 27.2 Å². The topological polar surface area (TPSA) is 60.4 Å². The molecule has 2 atom stereocenters. The van der Waals surface area contributed by atoms with Gasteiger partial charge in [-0.25, -0.2) is 4.79 Å². The van der Waals surface area contributed by atoms with Gasteiger partial charge in [-0.3, -0.25) is 18.8 Å². The Bertz CT molecular complexity index is 903. The van der Waals surface area contributed by atoms with E-state index >= 15 is 0 Å². The maximum Gasteiger partial charge on any atom is 0.330 e. The Morgan fingerprint density at radius 3 is 2.52 bits per heavy atom. The number of hydrogen-bond donors (Lipinski definition) is 0. The number of rotatable bonds is 6. The highest BCUT2D eigenvalue weighted by atomic mass is 16.3. The van der Waals surface area contributed by atoms with Gasteiger partial charge in [-0.15, -0.1) is 0 Å². The largest absolute Gasteiger partial charge is 0.464 e. The third-order valence-corrected chi connectivity index (χ3v) is 5.57. The van der Waals surface area contributed by atoms with Gasteiger partial charge in [0.25, 0.3) is 5.56 Å². The quantitative estimate of drug-likeness (QED) is 0.804. The fraction of sp³-hybridized carbons (Fsp3) is 0.579. The monoisotopic (exact) mass is 343 g/mol. The summed E-state index contributed by atoms with van der Waals surface area (Å²) in [5, 5.41) is 0. The van der Waals surface area contributed by atoms with Crippen molar-refractivity contribution in [1.29, 1.82) is 0 Å². The molecule has 6 heteroatoms. The van der Waals surface area contributed by atoms with Crippen LogP contribution in [0, 0.1) is 5.92 Å². The molecule has 2 aromatic heterocycles. The van der Waals surface area contributed by atoms with Crippen molar-refractivity contribution in [3.63, 3.8) is 0 Å². The molecule has 0 N–H and O–H groups in total. The van der Waals surface area contributed by atoms with Gasteiger partial charge in [-0.1, -0.05) is 6.92 Å². The molecule has 134 valence electrons. The van der Waals surface area contributed by atoms with Crippen LogP contribution in [0.3, 0.4) is 0 Å². The smallest absolute Gasteiger partial charge is 0.330 e. The van der Waals surface area contributed by atoms with Crippen molar-refractivity contribution in [2.75, 3.05) is 0 Å². The molecule has 2 saturated carbocycles. The highest BCUT2D eigenvalue weighted by Gasteiger charge is 2.37. The summed E-state index contributed by atoms with van der Waals surface area (Å²) in [7, 11) is 3.23. The van der Waals surface area contributed by atoms with E-state index in [1.54, 1.807) is 17.7 Å². The molecule has 0 aliphatic heterocycles. The molecule has 0 aromatic carbocycles. The molecular weight excluding hydrogens is 318 g/mol. The van der Waals surface area contributed by atoms with Gasteiger partial charge < -0.3 is 4.42 Å². The first kappa shape index (κ1) is 16.4. The molecule has 2 aliphatic rings. The predicted octanol–water partition coefficient (Wildman–Crippen LogP) is 1.96. The molecule has 0 radical (unpaired) electrons. The minimum atomic E-state index is -0.277. The Labute approximate surface area is 146 Å². The molecular formula is C19H25N3O3. The molecule has 2 aliphatic carbocycles. The van der Waals surface area contributed by atoms with Crippen molar-refractivity contribution >= 4 is 0 Å². The zero-order valence-electron chi connectivity index (χ0n) is 15.1. The van der Waals surface area contributed by atoms with E-state index in [0.29, 0.717) is 18.5 Å². The van der Waals surface area contributed by atoms with Gasteiger partial charge in [-0.2, -0.15) is 0 Å². The number of furan rings is 1. The van der Waals surface area contributed by atoms with E-state index < -0.39 is 0 Å². The first-order chi connectivity index (χ1) is 11.9. The zero-order chi connectivity index (χ0) is 17.7. The van der Waals surface area contributed by atoms with Gasteiger partial charge >= 0.3 is 5.69 Å². The summed E-state index contributed by atoms with van der Waals surface area (Å²) >= 11 is 0. The molecule has 0 saturated heterocycles. The Morgan fingerprint density at radius 2 is 1.88 bits per heavy atom. The Morgan fingerprint density at radius 1 is 1.16 bits per heavy atom. The molecule has 4 rings (SSSR count). The molecule has 6 nitrogen and oxygen atoms in total. The van der Waals surface area contributed by atoms with Crippen LogP contribution in [0.4, 0.5) is 0 Å². The van der Waals surface area contributed by atoms with E-state index in [4.69, 9.17) is 4.42 Å². The SMILES string of the molecule is C[C@@H]1C[C@@H]1c1ccc(CN(Cc2cc(=O)n(C)c(=O)n2C)C2CC2)o1. The summed E-state index contributed by atoms with van der Waals surface area (Å²) in [5.74, 6) is 3.38. The van der Waals surface area contributed by atoms with E-state index in [1.165, 1.54) is 13.5 Å². The van der Waals surface area contributed by atoms with Gasteiger partial charge in [0.1, 0.15) is 11.5 Å². The van der Waals surface area contributed by atoms with Crippen molar-refractivity contribution in [1.82, 2.24) is 14.0 Å². The lowest BCUT2D eigenvalue weighted by atomic mass is 10.2. The maximum absolute atomic E-state index is 12.1. The molecule has 2 fully saturated rings. The minimum Gasteiger partial charge on any atom is -0.464 e. The molecule has 2 heterocycles. The average Bonchev–Trinajstić information content (AvgIpc) is 3.50. The normalized spacial score (nSPS) is 22.6. The van der Waals surface area contributed by atoms with Crippen LogP contribution >= 0.6 is 0 Å². The average molecular weight is 343 g/mol. The van der Waals surface area contributed by atoms with Crippen LogP contribution in [-0.4, -0.2) is 20.1 Å². The van der Waals surface area contributed by atoms with Crippen LogP contribution in [0.2, 0.25) is 0 Å². The van der Waals surface area contributed by atoms with Crippen LogP contribution in [0.25, 0.3) is 0 Å². The second-order valence-electron chi connectivity index (χ2n) is 7.63. The fourth-order valence-electron chi connectivity index (χ4n) is 3.49. The lowest BCUT2D eigenvalue weighted by Crippen LogP contribution is -2.39. The summed E-state index contributed by atoms with van der Waals surface area (Å²) in [6, 6.07) is 6.24. The van der Waals surface area contributed by atoms with Gasteiger partial charge in [0.2, 0.25) is 0 Å². The summed E-state index contributed by atoms with van der Waals surface area (Å²) in [5.41, 5.74) is 0.223. The molecule has 0 bridgehead atoms. The number of nitrogens with zero attached hydrogens (tertiary/aromatic N) is 3. The van der Waals surface area contributed by atoms with Gasteiger partial charge in [-0.05, 0) is 37.3 Å². The second kappa shape index (κ2) is 6.02. The maximum atomic E-state index is 12.1. The van der Waals surface area contributed by atoms with E-state index in [2.05, 4.69) is 24.0 Å². The first-order valence-electron chi connectivity index (χ1n) is 9.02. The van der Waals surface area contributed by atoms with E-state index in [0.717, 1.165) is 47.1 Å². The Hall–Kier alpha value is -2.08. The van der Waals surface area contributed by atoms with E-state index in [1.807, 2.05) is 0 Å². The summed E-state index contributed by atoms with van der Waals surface area (Å²) < 4.78 is 8.75. The molecule has 2 aromatic rings. The van der Waals surface area contributed by atoms with E-state index in [-0.39, 0.29) is 11.2 Å². The van der Waals surface area contributed by atoms with Gasteiger partial charge in [0.05, 0.1) is 6.54 Å². The minimum absolute atomic E-state index is 0.253. The van der Waals surface area contributed by atoms with Crippen LogP contribution in [0.5, 0.6) is 0 Å². The highest BCUT2D eigenvalue weighted by Crippen LogP contribution is 2.47. The van der Waals surface area contributed by atoms with Crippen molar-refractivity contribution < 1.29 is 4.42 Å². The Balaban J connectivity index is 1.54. The molecule has 0 unspecified atom stereocenters. The predicted molar refractivity (Wildman–Crippen MR) is 94.4 cm³/mol. The standard InChI is InChI=1S/C19H25N3O3/c1-12-8-16(12)17-7-6-15(25-17)11-22(13-4-5-13)10-14-9-18(23)21(3)19(24)20(14)2/h6-7,9,12-13,16H,4-5,8,10-11H2,1-3H3/t12-,16+/m1/s1. The summed E-state index contributed by atoms with van der Waals surface area (Å²) in [6.45, 7) is 3.55. The molecule has 0 spiro atoms. The molecule has 25 heavy (non-hydrogen) atoms. The third kappa shape index (κ3) is 3.23. The highest BCUT2D eigenvalue weighted by molar-refractivity contribution is 5.18. The Kier molecular flexibility index (Phi) is 3.95. The summed E-state index contributed by atoms with van der Waals surface area (Å²) in [6.07, 6.45) is 3.53. The van der Waals surface area contributed by atoms with E-state index in [9.17, 15) is 9.59 Å². The lowest BCUT2D eigenvalue weighted by Gasteiger charge is -2.22. The molecule has 0 amide bonds. The van der Waals surface area contributed by atoms with Crippen molar-refractivity contribution in [2.24, 2.45) is 20.0 Å². The van der Waals surface area contributed by atoms with Crippen LogP contribution in [0.1, 0.15) is 49.3 Å². The third-order valence-electron chi connectivity index (χ3n) is 5.57. The number of aromatic nitrogens is 2. The van der Waals surface area contributed by atoms with Gasteiger partial charge in [0.15, 0.2) is 0 Å². The van der Waals surface area contributed by atoms with Gasteiger partial charge in [0, 0.05) is 44.4 Å². The van der Waals surface area contributed by atoms with Crippen LogP contribution in [0.15, 0.2) is 32.2 Å². The lowest BCUT2D eigenvalue weighted by molar-refractivity contribution is 0.217. The zero-order valence-corrected chi connectivity index (χ0v) is 15.1. The van der Waals surface area contributed by atoms with Crippen molar-refractivity contribution in [3.8, 4) is 0 Å². The summed E-state index contributed by atoms with van der Waals surface area (Å²) in [4.78, 5) is 26.4.